The van der Waals surface area contributed by atoms with Crippen LogP contribution in [-0.4, -0.2) is 11.0 Å². The topological polar surface area (TPSA) is 53.2 Å². The highest BCUT2D eigenvalue weighted by atomic mass is 35.5. The highest BCUT2D eigenvalue weighted by Gasteiger charge is 2.07. The molecule has 6 heteroatoms. The molecule has 3 aromatic rings. The Morgan fingerprint density at radius 1 is 0.821 bits per heavy atom. The molecule has 0 saturated carbocycles. The zero-order valence-electron chi connectivity index (χ0n) is 15.1. The summed E-state index contributed by atoms with van der Waals surface area (Å²) in [6.45, 7) is 0. The van der Waals surface area contributed by atoms with Gasteiger partial charge in [-0.05, 0) is 66.7 Å². The van der Waals surface area contributed by atoms with Crippen molar-refractivity contribution in [1.29, 1.82) is 0 Å². The minimum absolute atomic E-state index is 0.153. The molecule has 0 aromatic heterocycles. The Bertz CT molecular complexity index is 946. The van der Waals surface area contributed by atoms with E-state index in [4.69, 9.17) is 23.8 Å². The number of hydrogen-bond donors (Lipinski definition) is 3. The molecule has 0 aliphatic rings. The zero-order valence-corrected chi connectivity index (χ0v) is 16.7. The Balaban J connectivity index is 1.46. The summed E-state index contributed by atoms with van der Waals surface area (Å²) >= 11 is 11.3. The fraction of sp³-hybridized carbons (Fsp3) is 0.0909. The predicted octanol–water partition coefficient (Wildman–Crippen LogP) is 5.53. The maximum atomic E-state index is 12.1. The molecule has 0 fully saturated rings. The molecule has 0 atom stereocenters. The standard InChI is InChI=1S/C22H20ClN3OS/c23-20-9-5-4-6-16(20)10-15-21(27)26-22(28)25-19-13-11-18(12-14-19)24-17-7-2-1-3-8-17/h1-9,11-14,24H,10,15H2,(H2,25,26,27,28). The number of amides is 1. The molecule has 28 heavy (non-hydrogen) atoms. The molecule has 3 rings (SSSR count). The molecular weight excluding hydrogens is 390 g/mol. The second-order valence-electron chi connectivity index (χ2n) is 6.16. The minimum atomic E-state index is -0.153. The van der Waals surface area contributed by atoms with E-state index < -0.39 is 0 Å². The Kier molecular flexibility index (Phi) is 7.00. The van der Waals surface area contributed by atoms with E-state index in [0.29, 0.717) is 17.9 Å². The summed E-state index contributed by atoms with van der Waals surface area (Å²) in [7, 11) is 0. The number of aryl methyl sites for hydroxylation is 1. The van der Waals surface area contributed by atoms with Gasteiger partial charge in [0.2, 0.25) is 5.91 Å². The van der Waals surface area contributed by atoms with Gasteiger partial charge < -0.3 is 16.0 Å². The molecule has 3 aromatic carbocycles. The van der Waals surface area contributed by atoms with Crippen molar-refractivity contribution in [3.63, 3.8) is 0 Å². The van der Waals surface area contributed by atoms with Gasteiger partial charge in [-0.15, -0.1) is 0 Å². The summed E-state index contributed by atoms with van der Waals surface area (Å²) in [4.78, 5) is 12.1. The van der Waals surface area contributed by atoms with Crippen LogP contribution in [0.25, 0.3) is 0 Å². The van der Waals surface area contributed by atoms with Crippen molar-refractivity contribution in [2.45, 2.75) is 12.8 Å². The van der Waals surface area contributed by atoms with Gasteiger partial charge in [-0.1, -0.05) is 48.0 Å². The molecule has 1 amide bonds. The fourth-order valence-corrected chi connectivity index (χ4v) is 3.09. The summed E-state index contributed by atoms with van der Waals surface area (Å²) < 4.78 is 0. The lowest BCUT2D eigenvalue weighted by Gasteiger charge is -2.11. The number of carbonyl (C=O) groups is 1. The Labute approximate surface area is 174 Å². The van der Waals surface area contributed by atoms with Crippen molar-refractivity contribution in [1.82, 2.24) is 5.32 Å². The van der Waals surface area contributed by atoms with Gasteiger partial charge >= 0.3 is 0 Å². The van der Waals surface area contributed by atoms with Crippen LogP contribution in [0.3, 0.4) is 0 Å². The largest absolute Gasteiger partial charge is 0.356 e. The molecule has 0 saturated heterocycles. The molecule has 3 N–H and O–H groups in total. The maximum absolute atomic E-state index is 12.1. The zero-order chi connectivity index (χ0) is 19.8. The van der Waals surface area contributed by atoms with Crippen LogP contribution >= 0.6 is 23.8 Å². The first-order chi connectivity index (χ1) is 13.6. The highest BCUT2D eigenvalue weighted by molar-refractivity contribution is 7.80. The van der Waals surface area contributed by atoms with Crippen LogP contribution in [0.15, 0.2) is 78.9 Å². The smallest absolute Gasteiger partial charge is 0.226 e. The Morgan fingerprint density at radius 3 is 2.14 bits per heavy atom. The van der Waals surface area contributed by atoms with Gasteiger partial charge in [0.05, 0.1) is 0 Å². The second-order valence-corrected chi connectivity index (χ2v) is 6.98. The van der Waals surface area contributed by atoms with Gasteiger partial charge in [0, 0.05) is 28.5 Å². The number of rotatable bonds is 6. The van der Waals surface area contributed by atoms with Crippen LogP contribution in [0.1, 0.15) is 12.0 Å². The quantitative estimate of drug-likeness (QED) is 0.468. The summed E-state index contributed by atoms with van der Waals surface area (Å²) in [5.74, 6) is -0.153. The summed E-state index contributed by atoms with van der Waals surface area (Å²) in [6.07, 6.45) is 0.874. The third-order valence-electron chi connectivity index (χ3n) is 4.04. The summed E-state index contributed by atoms with van der Waals surface area (Å²) in [5, 5.41) is 9.96. The van der Waals surface area contributed by atoms with Crippen molar-refractivity contribution < 1.29 is 4.79 Å². The van der Waals surface area contributed by atoms with Crippen LogP contribution in [0.4, 0.5) is 17.1 Å². The molecular formula is C22H20ClN3OS. The number of carbonyl (C=O) groups excluding carboxylic acids is 1. The molecule has 0 aliphatic heterocycles. The SMILES string of the molecule is O=C(CCc1ccccc1Cl)NC(=S)Nc1ccc(Nc2ccccc2)cc1. The lowest BCUT2D eigenvalue weighted by Crippen LogP contribution is -2.34. The number of benzene rings is 3. The van der Waals surface area contributed by atoms with Crippen LogP contribution in [0, 0.1) is 0 Å². The second kappa shape index (κ2) is 9.88. The third kappa shape index (κ3) is 6.08. The molecule has 0 aliphatic carbocycles. The highest BCUT2D eigenvalue weighted by Crippen LogP contribution is 2.19. The van der Waals surface area contributed by atoms with Gasteiger partial charge in [0.1, 0.15) is 0 Å². The molecule has 0 spiro atoms. The van der Waals surface area contributed by atoms with E-state index in [0.717, 1.165) is 22.6 Å². The van der Waals surface area contributed by atoms with E-state index in [2.05, 4.69) is 16.0 Å². The van der Waals surface area contributed by atoms with Crippen molar-refractivity contribution in [3.8, 4) is 0 Å². The number of para-hydroxylation sites is 1. The lowest BCUT2D eigenvalue weighted by molar-refractivity contribution is -0.119. The first-order valence-corrected chi connectivity index (χ1v) is 9.65. The minimum Gasteiger partial charge on any atom is -0.356 e. The van der Waals surface area contributed by atoms with E-state index in [1.54, 1.807) is 0 Å². The molecule has 4 nitrogen and oxygen atoms in total. The van der Waals surface area contributed by atoms with Crippen LogP contribution in [0.2, 0.25) is 5.02 Å². The third-order valence-corrected chi connectivity index (χ3v) is 4.61. The van der Waals surface area contributed by atoms with E-state index in [9.17, 15) is 4.79 Å². The Hall–Kier alpha value is -2.89. The Morgan fingerprint density at radius 2 is 1.43 bits per heavy atom. The van der Waals surface area contributed by atoms with Gasteiger partial charge in [0.25, 0.3) is 0 Å². The molecule has 142 valence electrons. The first kappa shape index (κ1) is 19.9. The number of halogens is 1. The van der Waals surface area contributed by atoms with Crippen LogP contribution in [-0.2, 0) is 11.2 Å². The normalized spacial score (nSPS) is 10.2. The van der Waals surface area contributed by atoms with Crippen molar-refractivity contribution in [2.24, 2.45) is 0 Å². The van der Waals surface area contributed by atoms with Crippen LogP contribution in [0.5, 0.6) is 0 Å². The average molecular weight is 410 g/mol. The fourth-order valence-electron chi connectivity index (χ4n) is 2.63. The number of hydrogen-bond acceptors (Lipinski definition) is 3. The monoisotopic (exact) mass is 409 g/mol. The number of anilines is 3. The van der Waals surface area contributed by atoms with Gasteiger partial charge in [-0.2, -0.15) is 0 Å². The first-order valence-electron chi connectivity index (χ1n) is 8.86. The van der Waals surface area contributed by atoms with E-state index >= 15 is 0 Å². The molecule has 0 bridgehead atoms. The van der Waals surface area contributed by atoms with E-state index in [-0.39, 0.29) is 11.0 Å². The molecule has 0 radical (unpaired) electrons. The van der Waals surface area contributed by atoms with Crippen molar-refractivity contribution in [3.05, 3.63) is 89.4 Å². The van der Waals surface area contributed by atoms with E-state index in [1.807, 2.05) is 78.9 Å². The molecule has 0 heterocycles. The lowest BCUT2D eigenvalue weighted by atomic mass is 10.1. The molecule has 0 unspecified atom stereocenters. The van der Waals surface area contributed by atoms with Crippen molar-refractivity contribution in [2.75, 3.05) is 10.6 Å². The number of thiocarbonyl (C=S) groups is 1. The van der Waals surface area contributed by atoms with Gasteiger partial charge in [0.15, 0.2) is 5.11 Å². The predicted molar refractivity (Wildman–Crippen MR) is 120 cm³/mol. The van der Waals surface area contributed by atoms with Gasteiger partial charge in [-0.25, -0.2) is 0 Å². The summed E-state index contributed by atoms with van der Waals surface area (Å²) in [5.41, 5.74) is 3.73. The number of nitrogens with one attached hydrogen (secondary N) is 3. The maximum Gasteiger partial charge on any atom is 0.226 e. The van der Waals surface area contributed by atoms with Crippen LogP contribution < -0.4 is 16.0 Å². The van der Waals surface area contributed by atoms with Gasteiger partial charge in [-0.3, -0.25) is 4.79 Å². The summed E-state index contributed by atoms with van der Waals surface area (Å²) in [6, 6.07) is 25.1. The van der Waals surface area contributed by atoms with E-state index in [1.165, 1.54) is 0 Å². The average Bonchev–Trinajstić information content (AvgIpc) is 2.69. The van der Waals surface area contributed by atoms with Crippen molar-refractivity contribution >= 4 is 51.9 Å².